The zero-order chi connectivity index (χ0) is 15.5. The minimum absolute atomic E-state index is 0.0890. The van der Waals surface area contributed by atoms with E-state index in [4.69, 9.17) is 0 Å². The second-order valence-electron chi connectivity index (χ2n) is 5.47. The van der Waals surface area contributed by atoms with Crippen LogP contribution in [-0.2, 0) is 16.4 Å². The maximum absolute atomic E-state index is 12.5. The van der Waals surface area contributed by atoms with E-state index < -0.39 is 9.84 Å². The summed E-state index contributed by atoms with van der Waals surface area (Å²) in [6.07, 6.45) is 0.543. The van der Waals surface area contributed by atoms with Crippen molar-refractivity contribution in [1.29, 1.82) is 0 Å². The summed E-state index contributed by atoms with van der Waals surface area (Å²) in [6, 6.07) is 9.46. The number of sulfone groups is 1. The quantitative estimate of drug-likeness (QED) is 0.851. The van der Waals surface area contributed by atoms with Crippen LogP contribution in [0.1, 0.15) is 18.9 Å². The Morgan fingerprint density at radius 2 is 1.95 bits per heavy atom. The highest BCUT2D eigenvalue weighted by Crippen LogP contribution is 2.19. The standard InChI is InChI=1S/C15H22N2O3S/c1-3-17(14-9-10-21(19,20)12-14)15(18)16(2)11-13-7-5-4-6-8-13/h4-8,14H,3,9-12H2,1-2H3. The first-order valence-corrected chi connectivity index (χ1v) is 9.01. The first-order valence-electron chi connectivity index (χ1n) is 7.19. The predicted octanol–water partition coefficient (Wildman–Crippen LogP) is 1.75. The molecule has 1 heterocycles. The van der Waals surface area contributed by atoms with Gasteiger partial charge in [0.2, 0.25) is 0 Å². The number of nitrogens with zero attached hydrogens (tertiary/aromatic N) is 2. The Hall–Kier alpha value is -1.56. The molecule has 1 aliphatic rings. The van der Waals surface area contributed by atoms with E-state index in [9.17, 15) is 13.2 Å². The summed E-state index contributed by atoms with van der Waals surface area (Å²) in [5, 5.41) is 0. The molecule has 0 radical (unpaired) electrons. The summed E-state index contributed by atoms with van der Waals surface area (Å²) < 4.78 is 23.2. The smallest absolute Gasteiger partial charge is 0.320 e. The van der Waals surface area contributed by atoms with E-state index in [1.807, 2.05) is 37.3 Å². The second-order valence-corrected chi connectivity index (χ2v) is 7.70. The van der Waals surface area contributed by atoms with Crippen LogP contribution in [0.5, 0.6) is 0 Å². The van der Waals surface area contributed by atoms with E-state index in [0.717, 1.165) is 5.56 Å². The topological polar surface area (TPSA) is 57.7 Å². The third-order valence-corrected chi connectivity index (χ3v) is 5.58. The van der Waals surface area contributed by atoms with E-state index in [-0.39, 0.29) is 23.6 Å². The first kappa shape index (κ1) is 15.8. The Kier molecular flexibility index (Phi) is 4.88. The van der Waals surface area contributed by atoms with Crippen LogP contribution in [0.2, 0.25) is 0 Å². The minimum atomic E-state index is -2.98. The van der Waals surface area contributed by atoms with Crippen molar-refractivity contribution in [2.75, 3.05) is 25.1 Å². The van der Waals surface area contributed by atoms with Gasteiger partial charge in [-0.25, -0.2) is 13.2 Å². The third kappa shape index (κ3) is 3.97. The minimum Gasteiger partial charge on any atom is -0.323 e. The molecule has 0 aromatic heterocycles. The van der Waals surface area contributed by atoms with Gasteiger partial charge in [-0.3, -0.25) is 0 Å². The fourth-order valence-corrected chi connectivity index (χ4v) is 4.45. The highest BCUT2D eigenvalue weighted by Gasteiger charge is 2.34. The van der Waals surface area contributed by atoms with Crippen molar-refractivity contribution in [1.82, 2.24) is 9.80 Å². The van der Waals surface area contributed by atoms with Gasteiger partial charge in [0.15, 0.2) is 9.84 Å². The zero-order valence-corrected chi connectivity index (χ0v) is 13.3. The summed E-state index contributed by atoms with van der Waals surface area (Å²) in [7, 11) is -1.23. The fourth-order valence-electron chi connectivity index (χ4n) is 2.72. The van der Waals surface area contributed by atoms with Gasteiger partial charge in [0.05, 0.1) is 11.5 Å². The fraction of sp³-hybridized carbons (Fsp3) is 0.533. The van der Waals surface area contributed by atoms with Gasteiger partial charge in [-0.2, -0.15) is 0 Å². The van der Waals surface area contributed by atoms with Crippen LogP contribution in [0.4, 0.5) is 4.79 Å². The lowest BCUT2D eigenvalue weighted by atomic mass is 10.2. The molecule has 116 valence electrons. The molecule has 1 unspecified atom stereocenters. The Morgan fingerprint density at radius 3 is 2.48 bits per heavy atom. The molecule has 0 aliphatic carbocycles. The molecule has 1 aromatic rings. The molecule has 6 heteroatoms. The lowest BCUT2D eigenvalue weighted by Gasteiger charge is -2.31. The molecule has 0 saturated carbocycles. The van der Waals surface area contributed by atoms with Crippen LogP contribution < -0.4 is 0 Å². The lowest BCUT2D eigenvalue weighted by molar-refractivity contribution is 0.148. The van der Waals surface area contributed by atoms with Crippen LogP contribution in [0.3, 0.4) is 0 Å². The van der Waals surface area contributed by atoms with Crippen molar-refractivity contribution >= 4 is 15.9 Å². The number of rotatable bonds is 4. The van der Waals surface area contributed by atoms with Crippen molar-refractivity contribution < 1.29 is 13.2 Å². The molecule has 1 fully saturated rings. The molecule has 1 aliphatic heterocycles. The zero-order valence-electron chi connectivity index (χ0n) is 12.5. The van der Waals surface area contributed by atoms with Gasteiger partial charge in [-0.05, 0) is 18.9 Å². The van der Waals surface area contributed by atoms with Crippen molar-refractivity contribution in [3.05, 3.63) is 35.9 Å². The van der Waals surface area contributed by atoms with Crippen LogP contribution in [0.25, 0.3) is 0 Å². The largest absolute Gasteiger partial charge is 0.323 e. The summed E-state index contributed by atoms with van der Waals surface area (Å²) >= 11 is 0. The van der Waals surface area contributed by atoms with Crippen molar-refractivity contribution in [3.63, 3.8) is 0 Å². The maximum Gasteiger partial charge on any atom is 0.320 e. The number of amides is 2. The molecular weight excluding hydrogens is 288 g/mol. The van der Waals surface area contributed by atoms with Gasteiger partial charge in [-0.1, -0.05) is 30.3 Å². The Labute approximate surface area is 126 Å². The molecule has 1 saturated heterocycles. The summed E-state index contributed by atoms with van der Waals surface area (Å²) in [6.45, 7) is 2.94. The Bertz CT molecular complexity index is 586. The molecule has 0 N–H and O–H groups in total. The number of carbonyl (C=O) groups excluding carboxylic acids is 1. The second kappa shape index (κ2) is 6.47. The summed E-state index contributed by atoms with van der Waals surface area (Å²) in [5.41, 5.74) is 1.06. The molecule has 0 spiro atoms. The number of urea groups is 1. The van der Waals surface area contributed by atoms with E-state index in [2.05, 4.69) is 0 Å². The average Bonchev–Trinajstić information content (AvgIpc) is 2.80. The van der Waals surface area contributed by atoms with E-state index >= 15 is 0 Å². The van der Waals surface area contributed by atoms with Crippen molar-refractivity contribution in [2.24, 2.45) is 0 Å². The van der Waals surface area contributed by atoms with Crippen LogP contribution >= 0.6 is 0 Å². The van der Waals surface area contributed by atoms with Crippen molar-refractivity contribution in [3.8, 4) is 0 Å². The van der Waals surface area contributed by atoms with Crippen LogP contribution in [0, 0.1) is 0 Å². The van der Waals surface area contributed by atoms with Gasteiger partial charge in [0.1, 0.15) is 0 Å². The molecular formula is C15H22N2O3S. The van der Waals surface area contributed by atoms with Crippen LogP contribution in [-0.4, -0.2) is 55.4 Å². The maximum atomic E-state index is 12.5. The van der Waals surface area contributed by atoms with Crippen LogP contribution in [0.15, 0.2) is 30.3 Å². The van der Waals surface area contributed by atoms with Crippen molar-refractivity contribution in [2.45, 2.75) is 25.9 Å². The van der Waals surface area contributed by atoms with E-state index in [1.54, 1.807) is 16.8 Å². The molecule has 1 atom stereocenters. The van der Waals surface area contributed by atoms with Gasteiger partial charge < -0.3 is 9.80 Å². The summed E-state index contributed by atoms with van der Waals surface area (Å²) in [5.74, 6) is 0.273. The normalized spacial score (nSPS) is 20.2. The molecule has 2 rings (SSSR count). The number of hydrogen-bond acceptors (Lipinski definition) is 3. The van der Waals surface area contributed by atoms with Gasteiger partial charge >= 0.3 is 6.03 Å². The SMILES string of the molecule is CCN(C(=O)N(C)Cc1ccccc1)C1CCS(=O)(=O)C1. The summed E-state index contributed by atoms with van der Waals surface area (Å²) in [4.78, 5) is 15.9. The third-order valence-electron chi connectivity index (χ3n) is 3.82. The van der Waals surface area contributed by atoms with Gasteiger partial charge in [0, 0.05) is 26.2 Å². The monoisotopic (exact) mass is 310 g/mol. The molecule has 0 bridgehead atoms. The number of benzene rings is 1. The number of carbonyl (C=O) groups is 1. The molecule has 21 heavy (non-hydrogen) atoms. The van der Waals surface area contributed by atoms with Gasteiger partial charge in [-0.15, -0.1) is 0 Å². The highest BCUT2D eigenvalue weighted by molar-refractivity contribution is 7.91. The molecule has 5 nitrogen and oxygen atoms in total. The average molecular weight is 310 g/mol. The highest BCUT2D eigenvalue weighted by atomic mass is 32.2. The Morgan fingerprint density at radius 1 is 1.29 bits per heavy atom. The molecule has 1 aromatic carbocycles. The number of hydrogen-bond donors (Lipinski definition) is 0. The van der Waals surface area contributed by atoms with E-state index in [0.29, 0.717) is 19.5 Å². The molecule has 2 amide bonds. The first-order chi connectivity index (χ1) is 9.93. The lowest BCUT2D eigenvalue weighted by Crippen LogP contribution is -2.47. The Balaban J connectivity index is 2.03. The predicted molar refractivity (Wildman–Crippen MR) is 82.7 cm³/mol. The van der Waals surface area contributed by atoms with Gasteiger partial charge in [0.25, 0.3) is 0 Å². The van der Waals surface area contributed by atoms with E-state index in [1.165, 1.54) is 0 Å².